The van der Waals surface area contributed by atoms with Crippen LogP contribution in [0, 0.1) is 19.7 Å². The molecule has 3 rings (SSSR count). The van der Waals surface area contributed by atoms with Gasteiger partial charge in [0.15, 0.2) is 0 Å². The highest BCUT2D eigenvalue weighted by molar-refractivity contribution is 7.98. The van der Waals surface area contributed by atoms with Gasteiger partial charge in [-0.1, -0.05) is 24.3 Å². The van der Waals surface area contributed by atoms with Crippen LogP contribution in [0.5, 0.6) is 0 Å². The zero-order valence-corrected chi connectivity index (χ0v) is 13.2. The van der Waals surface area contributed by atoms with E-state index in [0.717, 1.165) is 22.1 Å². The second-order valence-corrected chi connectivity index (χ2v) is 6.21. The predicted molar refractivity (Wildman–Crippen MR) is 87.9 cm³/mol. The zero-order chi connectivity index (χ0) is 15.7. The Morgan fingerprint density at radius 1 is 1.14 bits per heavy atom. The summed E-state index contributed by atoms with van der Waals surface area (Å²) in [5.41, 5.74) is 3.16. The molecular formula is C18H15FO2S. The molecule has 2 nitrogen and oxygen atoms in total. The van der Waals surface area contributed by atoms with E-state index in [4.69, 9.17) is 4.42 Å². The lowest BCUT2D eigenvalue weighted by atomic mass is 10.0. The first kappa shape index (κ1) is 14.9. The molecule has 0 spiro atoms. The summed E-state index contributed by atoms with van der Waals surface area (Å²) in [6.45, 7) is 3.92. The van der Waals surface area contributed by atoms with E-state index >= 15 is 0 Å². The summed E-state index contributed by atoms with van der Waals surface area (Å²) >= 11 is 1.38. The molecule has 0 bridgehead atoms. The van der Waals surface area contributed by atoms with Gasteiger partial charge in [0.25, 0.3) is 0 Å². The minimum Gasteiger partial charge on any atom is -0.422 e. The third kappa shape index (κ3) is 2.79. The van der Waals surface area contributed by atoms with Crippen molar-refractivity contribution >= 4 is 22.7 Å². The van der Waals surface area contributed by atoms with Gasteiger partial charge in [-0.2, -0.15) is 0 Å². The third-order valence-electron chi connectivity index (χ3n) is 3.74. The molecule has 0 N–H and O–H groups in total. The largest absolute Gasteiger partial charge is 0.422 e. The predicted octanol–water partition coefficient (Wildman–Crippen LogP) is 4.84. The van der Waals surface area contributed by atoms with E-state index in [2.05, 4.69) is 0 Å². The Morgan fingerprint density at radius 3 is 2.68 bits per heavy atom. The van der Waals surface area contributed by atoms with Gasteiger partial charge in [-0.05, 0) is 42.7 Å². The fourth-order valence-electron chi connectivity index (χ4n) is 2.36. The molecular weight excluding hydrogens is 299 g/mol. The maximum Gasteiger partial charge on any atom is 0.336 e. The van der Waals surface area contributed by atoms with Crippen molar-refractivity contribution in [2.45, 2.75) is 24.5 Å². The van der Waals surface area contributed by atoms with Gasteiger partial charge in [0.05, 0.1) is 0 Å². The van der Waals surface area contributed by atoms with E-state index in [1.165, 1.54) is 23.9 Å². The zero-order valence-electron chi connectivity index (χ0n) is 12.4. The molecule has 0 radical (unpaired) electrons. The Balaban J connectivity index is 2.02. The molecule has 0 amide bonds. The molecule has 112 valence electrons. The summed E-state index contributed by atoms with van der Waals surface area (Å²) in [5.74, 6) is 0.276. The number of hydrogen-bond acceptors (Lipinski definition) is 3. The maximum atomic E-state index is 13.7. The average Bonchev–Trinajstić information content (AvgIpc) is 2.50. The van der Waals surface area contributed by atoms with E-state index in [1.54, 1.807) is 18.2 Å². The van der Waals surface area contributed by atoms with Crippen molar-refractivity contribution in [2.75, 3.05) is 0 Å². The number of thioether (sulfide) groups is 1. The summed E-state index contributed by atoms with van der Waals surface area (Å²) in [6, 6.07) is 12.1. The van der Waals surface area contributed by atoms with Crippen LogP contribution in [-0.2, 0) is 5.75 Å². The molecule has 4 heteroatoms. The second-order valence-electron chi connectivity index (χ2n) is 5.19. The van der Waals surface area contributed by atoms with Gasteiger partial charge in [0.1, 0.15) is 11.4 Å². The number of fused-ring (bicyclic) bond motifs is 1. The van der Waals surface area contributed by atoms with Gasteiger partial charge in [0.2, 0.25) is 0 Å². The lowest BCUT2D eigenvalue weighted by Gasteiger charge is -2.09. The van der Waals surface area contributed by atoms with Gasteiger partial charge in [0, 0.05) is 22.1 Å². The number of aryl methyl sites for hydroxylation is 2. The van der Waals surface area contributed by atoms with Gasteiger partial charge in [-0.15, -0.1) is 11.8 Å². The van der Waals surface area contributed by atoms with Crippen LogP contribution >= 0.6 is 11.8 Å². The minimum atomic E-state index is -0.370. The summed E-state index contributed by atoms with van der Waals surface area (Å²) in [4.78, 5) is 12.4. The van der Waals surface area contributed by atoms with E-state index < -0.39 is 0 Å². The van der Waals surface area contributed by atoms with Crippen LogP contribution in [-0.4, -0.2) is 0 Å². The minimum absolute atomic E-state index is 0.244. The van der Waals surface area contributed by atoms with Crippen molar-refractivity contribution < 1.29 is 8.81 Å². The highest BCUT2D eigenvalue weighted by atomic mass is 32.2. The maximum absolute atomic E-state index is 13.7. The molecule has 0 aliphatic rings. The molecule has 22 heavy (non-hydrogen) atoms. The molecule has 3 aromatic rings. The molecule has 2 aromatic carbocycles. The van der Waals surface area contributed by atoms with Crippen LogP contribution in [0.1, 0.15) is 16.7 Å². The number of halogens is 1. The Labute approximate surface area is 132 Å². The fourth-order valence-corrected chi connectivity index (χ4v) is 3.29. The quantitative estimate of drug-likeness (QED) is 0.512. The summed E-state index contributed by atoms with van der Waals surface area (Å²) in [6.07, 6.45) is 0. The number of rotatable bonds is 3. The average molecular weight is 314 g/mol. The van der Waals surface area contributed by atoms with Gasteiger partial charge in [-0.25, -0.2) is 9.18 Å². The van der Waals surface area contributed by atoms with Crippen LogP contribution in [0.2, 0.25) is 0 Å². The first-order valence-electron chi connectivity index (χ1n) is 6.96. The molecule has 1 heterocycles. The molecule has 0 fully saturated rings. The van der Waals surface area contributed by atoms with Crippen LogP contribution in [0.15, 0.2) is 56.6 Å². The van der Waals surface area contributed by atoms with Gasteiger partial charge < -0.3 is 4.42 Å². The first-order valence-corrected chi connectivity index (χ1v) is 7.95. The second kappa shape index (κ2) is 5.97. The standard InChI is InChI=1S/C18H15FO2S/c1-11-7-8-14-13(9-17(20)21-18(14)12(11)2)10-22-16-6-4-3-5-15(16)19/h3-9H,10H2,1-2H3. The molecule has 0 saturated heterocycles. The first-order chi connectivity index (χ1) is 10.6. The van der Waals surface area contributed by atoms with E-state index in [-0.39, 0.29) is 11.4 Å². The number of hydrogen-bond donors (Lipinski definition) is 0. The smallest absolute Gasteiger partial charge is 0.336 e. The van der Waals surface area contributed by atoms with Crippen LogP contribution < -0.4 is 5.63 Å². The van der Waals surface area contributed by atoms with Crippen molar-refractivity contribution in [2.24, 2.45) is 0 Å². The summed E-state index contributed by atoms with van der Waals surface area (Å²) < 4.78 is 19.1. The van der Waals surface area contributed by atoms with E-state index in [1.807, 2.05) is 26.0 Å². The molecule has 0 aliphatic carbocycles. The topological polar surface area (TPSA) is 30.2 Å². The monoisotopic (exact) mass is 314 g/mol. The highest BCUT2D eigenvalue weighted by Crippen LogP contribution is 2.29. The van der Waals surface area contributed by atoms with E-state index in [9.17, 15) is 9.18 Å². The Morgan fingerprint density at radius 2 is 1.91 bits per heavy atom. The molecule has 1 aromatic heterocycles. The summed E-state index contributed by atoms with van der Waals surface area (Å²) in [5, 5.41) is 0.909. The van der Waals surface area contributed by atoms with Crippen molar-refractivity contribution in [3.63, 3.8) is 0 Å². The number of benzene rings is 2. The normalized spacial score (nSPS) is 11.0. The van der Waals surface area contributed by atoms with Crippen molar-refractivity contribution in [3.05, 3.63) is 75.4 Å². The van der Waals surface area contributed by atoms with Crippen LogP contribution in [0.3, 0.4) is 0 Å². The van der Waals surface area contributed by atoms with Gasteiger partial charge >= 0.3 is 5.63 Å². The Bertz CT molecular complexity index is 899. The third-order valence-corrected chi connectivity index (χ3v) is 4.83. The SMILES string of the molecule is Cc1ccc2c(CSc3ccccc3F)cc(=O)oc2c1C. The van der Waals surface area contributed by atoms with Crippen molar-refractivity contribution in [1.82, 2.24) is 0 Å². The molecule has 0 aliphatic heterocycles. The fraction of sp³-hybridized carbons (Fsp3) is 0.167. The van der Waals surface area contributed by atoms with Crippen molar-refractivity contribution in [1.29, 1.82) is 0 Å². The lowest BCUT2D eigenvalue weighted by Crippen LogP contribution is -2.01. The van der Waals surface area contributed by atoms with Gasteiger partial charge in [-0.3, -0.25) is 0 Å². The van der Waals surface area contributed by atoms with Crippen LogP contribution in [0.4, 0.5) is 4.39 Å². The summed E-state index contributed by atoms with van der Waals surface area (Å²) in [7, 11) is 0. The lowest BCUT2D eigenvalue weighted by molar-refractivity contribution is 0.557. The molecule has 0 saturated carbocycles. The Kier molecular flexibility index (Phi) is 4.03. The van der Waals surface area contributed by atoms with E-state index in [0.29, 0.717) is 16.2 Å². The highest BCUT2D eigenvalue weighted by Gasteiger charge is 2.10. The van der Waals surface area contributed by atoms with Crippen LogP contribution in [0.25, 0.3) is 11.0 Å². The molecule has 0 unspecified atom stereocenters. The Hall–Kier alpha value is -2.07. The molecule has 0 atom stereocenters. The van der Waals surface area contributed by atoms with Crippen molar-refractivity contribution in [3.8, 4) is 0 Å².